The minimum Gasteiger partial charge on any atom is -0.0530 e. The largest absolute Gasteiger partial charge is 0.0530 e. The van der Waals surface area contributed by atoms with E-state index in [1.165, 1.54) is 32.1 Å². The standard InChI is InChI=1S/C18H29/c1-2-9-16-14(6-1)10-11-17(16)18-12-4-3-7-15(18)8-5-13-18/h14-16H,1-13H2. The van der Waals surface area contributed by atoms with E-state index in [2.05, 4.69) is 5.92 Å². The zero-order chi connectivity index (χ0) is 12.0. The van der Waals surface area contributed by atoms with Crippen molar-refractivity contribution in [1.29, 1.82) is 0 Å². The monoisotopic (exact) mass is 245 g/mol. The van der Waals surface area contributed by atoms with E-state index in [0.717, 1.165) is 23.2 Å². The summed E-state index contributed by atoms with van der Waals surface area (Å²) in [6, 6.07) is 0. The molecule has 4 aliphatic carbocycles. The fraction of sp³-hybridized carbons (Fsp3) is 0.944. The number of rotatable bonds is 1. The second-order valence-corrected chi connectivity index (χ2v) is 7.71. The normalized spacial score (nSPS) is 49.0. The van der Waals surface area contributed by atoms with Gasteiger partial charge in [0, 0.05) is 0 Å². The van der Waals surface area contributed by atoms with Crippen molar-refractivity contribution in [3.05, 3.63) is 5.92 Å². The second-order valence-electron chi connectivity index (χ2n) is 7.71. The van der Waals surface area contributed by atoms with Crippen molar-refractivity contribution in [2.24, 2.45) is 23.2 Å². The lowest BCUT2D eigenvalue weighted by Gasteiger charge is -2.47. The van der Waals surface area contributed by atoms with Gasteiger partial charge in [-0.05, 0) is 74.0 Å². The highest BCUT2D eigenvalue weighted by Gasteiger charge is 2.54. The molecule has 0 nitrogen and oxygen atoms in total. The Labute approximate surface area is 113 Å². The first kappa shape index (κ1) is 11.8. The lowest BCUT2D eigenvalue weighted by molar-refractivity contribution is 0.111. The van der Waals surface area contributed by atoms with Crippen LogP contribution in [0.5, 0.6) is 0 Å². The molecule has 0 aromatic heterocycles. The van der Waals surface area contributed by atoms with Crippen molar-refractivity contribution in [2.45, 2.75) is 83.5 Å². The molecule has 0 heterocycles. The van der Waals surface area contributed by atoms with Crippen LogP contribution in [0.1, 0.15) is 83.5 Å². The molecule has 0 spiro atoms. The topological polar surface area (TPSA) is 0 Å². The third-order valence-corrected chi connectivity index (χ3v) is 7.16. The van der Waals surface area contributed by atoms with Gasteiger partial charge in [0.15, 0.2) is 0 Å². The SMILES string of the molecule is C1CCC2[C](C34CCCCC3CCC4)CCC2C1. The van der Waals surface area contributed by atoms with Gasteiger partial charge >= 0.3 is 0 Å². The molecule has 4 aliphatic rings. The number of fused-ring (bicyclic) bond motifs is 2. The van der Waals surface area contributed by atoms with Gasteiger partial charge in [-0.2, -0.15) is 0 Å². The Morgan fingerprint density at radius 3 is 2.50 bits per heavy atom. The highest BCUT2D eigenvalue weighted by Crippen LogP contribution is 2.65. The van der Waals surface area contributed by atoms with Gasteiger partial charge < -0.3 is 0 Å². The molecule has 0 heteroatoms. The fourth-order valence-corrected chi connectivity index (χ4v) is 6.46. The van der Waals surface area contributed by atoms with E-state index in [1.807, 2.05) is 0 Å². The highest BCUT2D eigenvalue weighted by molar-refractivity contribution is 5.20. The molecule has 0 saturated heterocycles. The molecule has 101 valence electrons. The second kappa shape index (κ2) is 4.53. The number of hydrogen-bond acceptors (Lipinski definition) is 0. The van der Waals surface area contributed by atoms with E-state index >= 15 is 0 Å². The Balaban J connectivity index is 1.61. The van der Waals surface area contributed by atoms with Gasteiger partial charge in [0.1, 0.15) is 0 Å². The molecule has 0 amide bonds. The molecule has 0 aromatic rings. The molecule has 4 rings (SSSR count). The maximum absolute atomic E-state index is 2.12. The minimum atomic E-state index is 0.773. The van der Waals surface area contributed by atoms with Crippen LogP contribution in [0.2, 0.25) is 0 Å². The van der Waals surface area contributed by atoms with Crippen LogP contribution in [0, 0.1) is 29.1 Å². The molecule has 0 bridgehead atoms. The van der Waals surface area contributed by atoms with Crippen LogP contribution >= 0.6 is 0 Å². The van der Waals surface area contributed by atoms with Gasteiger partial charge in [0.25, 0.3) is 0 Å². The van der Waals surface area contributed by atoms with Crippen LogP contribution < -0.4 is 0 Å². The average Bonchev–Trinajstić information content (AvgIpc) is 3.03. The lowest BCUT2D eigenvalue weighted by atomic mass is 9.57. The van der Waals surface area contributed by atoms with Gasteiger partial charge in [0.2, 0.25) is 0 Å². The molecule has 0 aliphatic heterocycles. The fourth-order valence-electron chi connectivity index (χ4n) is 6.46. The predicted octanol–water partition coefficient (Wildman–Crippen LogP) is 5.52. The van der Waals surface area contributed by atoms with Crippen LogP contribution in [-0.4, -0.2) is 0 Å². The first-order valence-corrected chi connectivity index (χ1v) is 8.76. The first-order chi connectivity index (χ1) is 8.90. The van der Waals surface area contributed by atoms with E-state index in [-0.39, 0.29) is 0 Å². The summed E-state index contributed by atoms with van der Waals surface area (Å²) in [6.45, 7) is 0. The van der Waals surface area contributed by atoms with Crippen LogP contribution in [-0.2, 0) is 0 Å². The minimum absolute atomic E-state index is 0.773. The molecular formula is C18H29. The van der Waals surface area contributed by atoms with Crippen molar-refractivity contribution in [3.63, 3.8) is 0 Å². The zero-order valence-corrected chi connectivity index (χ0v) is 11.9. The van der Waals surface area contributed by atoms with Crippen molar-refractivity contribution >= 4 is 0 Å². The van der Waals surface area contributed by atoms with E-state index in [4.69, 9.17) is 0 Å². The number of hydrogen-bond donors (Lipinski definition) is 0. The summed E-state index contributed by atoms with van der Waals surface area (Å²) in [4.78, 5) is 0. The third kappa shape index (κ3) is 1.63. The summed E-state index contributed by atoms with van der Waals surface area (Å²) in [5.41, 5.74) is 0.773. The molecule has 4 atom stereocenters. The smallest absolute Gasteiger partial charge is 0.0143 e. The maximum Gasteiger partial charge on any atom is -0.0143 e. The van der Waals surface area contributed by atoms with Gasteiger partial charge in [-0.25, -0.2) is 0 Å². The van der Waals surface area contributed by atoms with Crippen molar-refractivity contribution in [3.8, 4) is 0 Å². The third-order valence-electron chi connectivity index (χ3n) is 7.16. The lowest BCUT2D eigenvalue weighted by Crippen LogP contribution is -2.38. The summed E-state index contributed by atoms with van der Waals surface area (Å²) < 4.78 is 0. The van der Waals surface area contributed by atoms with E-state index < -0.39 is 0 Å². The van der Waals surface area contributed by atoms with Crippen molar-refractivity contribution in [2.75, 3.05) is 0 Å². The Hall–Kier alpha value is 0. The quantitative estimate of drug-likeness (QED) is 0.570. The van der Waals surface area contributed by atoms with Gasteiger partial charge in [0.05, 0.1) is 0 Å². The summed E-state index contributed by atoms with van der Waals surface area (Å²) in [7, 11) is 0. The summed E-state index contributed by atoms with van der Waals surface area (Å²) in [5, 5.41) is 0. The van der Waals surface area contributed by atoms with E-state index in [0.29, 0.717) is 0 Å². The molecule has 4 fully saturated rings. The van der Waals surface area contributed by atoms with Gasteiger partial charge in [-0.15, -0.1) is 0 Å². The Bertz CT molecular complexity index is 307. The van der Waals surface area contributed by atoms with Crippen LogP contribution in [0.25, 0.3) is 0 Å². The maximum atomic E-state index is 2.12. The summed E-state index contributed by atoms with van der Waals surface area (Å²) in [6.07, 6.45) is 20.2. The average molecular weight is 245 g/mol. The Kier molecular flexibility index (Phi) is 2.97. The zero-order valence-electron chi connectivity index (χ0n) is 11.9. The van der Waals surface area contributed by atoms with E-state index in [1.54, 1.807) is 51.4 Å². The highest BCUT2D eigenvalue weighted by atomic mass is 14.6. The van der Waals surface area contributed by atoms with E-state index in [9.17, 15) is 0 Å². The molecule has 0 N–H and O–H groups in total. The molecule has 4 saturated carbocycles. The summed E-state index contributed by atoms with van der Waals surface area (Å²) >= 11 is 0. The van der Waals surface area contributed by atoms with Gasteiger partial charge in [-0.1, -0.05) is 38.5 Å². The van der Waals surface area contributed by atoms with Crippen LogP contribution in [0.15, 0.2) is 0 Å². The molecule has 4 unspecified atom stereocenters. The van der Waals surface area contributed by atoms with Crippen LogP contribution in [0.4, 0.5) is 0 Å². The molecule has 1 radical (unpaired) electrons. The first-order valence-electron chi connectivity index (χ1n) is 8.76. The van der Waals surface area contributed by atoms with Crippen LogP contribution in [0.3, 0.4) is 0 Å². The van der Waals surface area contributed by atoms with Gasteiger partial charge in [-0.3, -0.25) is 0 Å². The van der Waals surface area contributed by atoms with Crippen molar-refractivity contribution in [1.82, 2.24) is 0 Å². The Morgan fingerprint density at radius 2 is 1.50 bits per heavy atom. The Morgan fingerprint density at radius 1 is 0.722 bits per heavy atom. The molecular weight excluding hydrogens is 216 g/mol. The molecule has 0 aromatic carbocycles. The molecule has 18 heavy (non-hydrogen) atoms. The summed E-state index contributed by atoms with van der Waals surface area (Å²) in [5.74, 6) is 5.43. The van der Waals surface area contributed by atoms with Crippen molar-refractivity contribution < 1.29 is 0 Å². The predicted molar refractivity (Wildman–Crippen MR) is 76.2 cm³/mol.